The van der Waals surface area contributed by atoms with E-state index in [4.69, 9.17) is 5.73 Å². The zero-order valence-corrected chi connectivity index (χ0v) is 7.44. The van der Waals surface area contributed by atoms with E-state index in [2.05, 4.69) is 4.18 Å². The fourth-order valence-corrected chi connectivity index (χ4v) is 1.26. The summed E-state index contributed by atoms with van der Waals surface area (Å²) in [6.07, 6.45) is 0.859. The minimum atomic E-state index is -3.63. The van der Waals surface area contributed by atoms with Gasteiger partial charge in [-0.2, -0.15) is 8.42 Å². The summed E-state index contributed by atoms with van der Waals surface area (Å²) < 4.78 is 25.4. The molecule has 0 atom stereocenters. The van der Waals surface area contributed by atoms with Crippen LogP contribution in [0.3, 0.4) is 0 Å². The minimum absolute atomic E-state index is 0.817. The molecule has 0 saturated carbocycles. The summed E-state index contributed by atoms with van der Waals surface area (Å²) in [7, 11) is -3.63. The van der Waals surface area contributed by atoms with E-state index in [9.17, 15) is 13.2 Å². The van der Waals surface area contributed by atoms with Crippen LogP contribution in [-0.2, 0) is 19.1 Å². The Morgan fingerprint density at radius 2 is 1.82 bits per heavy atom. The number of rotatable bonds is 3. The van der Waals surface area contributed by atoms with Crippen LogP contribution in [0, 0.1) is 0 Å². The molecule has 0 unspecified atom stereocenters. The number of carbonyl (C=O) groups excluding carboxylic acids is 1. The van der Waals surface area contributed by atoms with Crippen LogP contribution in [0.2, 0.25) is 0 Å². The van der Waals surface area contributed by atoms with Crippen molar-refractivity contribution in [1.29, 1.82) is 0 Å². The van der Waals surface area contributed by atoms with Gasteiger partial charge in [-0.05, 0) is 13.8 Å². The van der Waals surface area contributed by atoms with Gasteiger partial charge in [0.05, 0.1) is 6.26 Å². The number of nitrogens with two attached hydrogens (primary N) is 1. The number of carbonyl (C=O) groups is 1. The van der Waals surface area contributed by atoms with Gasteiger partial charge in [-0.25, -0.2) is 0 Å². The summed E-state index contributed by atoms with van der Waals surface area (Å²) in [6.45, 7) is 2.58. The van der Waals surface area contributed by atoms with Gasteiger partial charge in [-0.3, -0.25) is 8.98 Å². The second-order valence-electron chi connectivity index (χ2n) is 2.66. The normalized spacial score (nSPS) is 13.0. The molecule has 0 aliphatic heterocycles. The third-order valence-corrected chi connectivity index (χ3v) is 1.67. The molecule has 1 amide bonds. The summed E-state index contributed by atoms with van der Waals surface area (Å²) >= 11 is 0. The van der Waals surface area contributed by atoms with Crippen molar-refractivity contribution < 1.29 is 17.4 Å². The lowest BCUT2D eigenvalue weighted by atomic mass is 10.1. The van der Waals surface area contributed by atoms with E-state index in [-0.39, 0.29) is 0 Å². The van der Waals surface area contributed by atoms with E-state index >= 15 is 0 Å². The van der Waals surface area contributed by atoms with Crippen LogP contribution in [0.4, 0.5) is 0 Å². The first kappa shape index (κ1) is 10.4. The van der Waals surface area contributed by atoms with Crippen molar-refractivity contribution in [3.05, 3.63) is 0 Å². The van der Waals surface area contributed by atoms with E-state index < -0.39 is 21.6 Å². The molecular weight excluding hydrogens is 170 g/mol. The Balaban J connectivity index is 4.51. The molecule has 0 aromatic rings. The van der Waals surface area contributed by atoms with Crippen molar-refractivity contribution in [3.8, 4) is 0 Å². The van der Waals surface area contributed by atoms with Crippen molar-refractivity contribution in [2.45, 2.75) is 19.4 Å². The van der Waals surface area contributed by atoms with Crippen LogP contribution < -0.4 is 5.73 Å². The number of hydrogen-bond acceptors (Lipinski definition) is 4. The molecule has 0 radical (unpaired) electrons. The lowest BCUT2D eigenvalue weighted by Gasteiger charge is -2.18. The monoisotopic (exact) mass is 181 g/mol. The Morgan fingerprint density at radius 3 is 1.91 bits per heavy atom. The van der Waals surface area contributed by atoms with E-state index in [1.165, 1.54) is 13.8 Å². The maximum atomic E-state index is 10.5. The zero-order valence-electron chi connectivity index (χ0n) is 6.62. The first-order valence-electron chi connectivity index (χ1n) is 2.86. The smallest absolute Gasteiger partial charge is 0.265 e. The molecule has 0 rings (SSSR count). The Bertz CT molecular complexity index is 254. The Hall–Kier alpha value is -0.620. The van der Waals surface area contributed by atoms with Gasteiger partial charge in [0.25, 0.3) is 16.0 Å². The zero-order chi connectivity index (χ0) is 9.28. The van der Waals surface area contributed by atoms with Gasteiger partial charge < -0.3 is 5.73 Å². The van der Waals surface area contributed by atoms with Gasteiger partial charge in [0.15, 0.2) is 5.60 Å². The highest BCUT2D eigenvalue weighted by molar-refractivity contribution is 7.86. The van der Waals surface area contributed by atoms with E-state index in [1.54, 1.807) is 0 Å². The lowest BCUT2D eigenvalue weighted by molar-refractivity contribution is -0.130. The molecule has 0 fully saturated rings. The van der Waals surface area contributed by atoms with Gasteiger partial charge in [0.2, 0.25) is 0 Å². The third-order valence-electron chi connectivity index (χ3n) is 0.953. The van der Waals surface area contributed by atoms with Crippen LogP contribution in [0.25, 0.3) is 0 Å². The molecular formula is C5H11NO4S. The molecule has 66 valence electrons. The second kappa shape index (κ2) is 2.78. The van der Waals surface area contributed by atoms with Crippen LogP contribution in [0.15, 0.2) is 0 Å². The second-order valence-corrected chi connectivity index (χ2v) is 4.24. The summed E-state index contributed by atoms with van der Waals surface area (Å²) in [5.41, 5.74) is 3.38. The Kier molecular flexibility index (Phi) is 2.63. The van der Waals surface area contributed by atoms with Gasteiger partial charge in [0, 0.05) is 0 Å². The predicted molar refractivity (Wildman–Crippen MR) is 39.2 cm³/mol. The highest BCUT2D eigenvalue weighted by Crippen LogP contribution is 2.10. The largest absolute Gasteiger partial charge is 0.367 e. The molecule has 0 bridgehead atoms. The third kappa shape index (κ3) is 3.94. The molecule has 0 aromatic carbocycles. The Labute approximate surface area is 65.6 Å². The molecule has 5 nitrogen and oxygen atoms in total. The number of amides is 1. The van der Waals surface area contributed by atoms with Crippen molar-refractivity contribution in [2.75, 3.05) is 6.26 Å². The minimum Gasteiger partial charge on any atom is -0.367 e. The van der Waals surface area contributed by atoms with Crippen LogP contribution >= 0.6 is 0 Å². The van der Waals surface area contributed by atoms with Crippen LogP contribution in [0.5, 0.6) is 0 Å². The average molecular weight is 181 g/mol. The first-order valence-corrected chi connectivity index (χ1v) is 4.67. The van der Waals surface area contributed by atoms with Gasteiger partial charge >= 0.3 is 0 Å². The molecule has 6 heteroatoms. The number of primary amides is 1. The SMILES string of the molecule is CC(C)(OS(C)(=O)=O)C(N)=O. The first-order chi connectivity index (χ1) is 4.65. The average Bonchev–Trinajstić information content (AvgIpc) is 1.56. The highest BCUT2D eigenvalue weighted by Gasteiger charge is 2.30. The van der Waals surface area contributed by atoms with Gasteiger partial charge in [-0.1, -0.05) is 0 Å². The molecule has 11 heavy (non-hydrogen) atoms. The van der Waals surface area contributed by atoms with Gasteiger partial charge in [0.1, 0.15) is 0 Å². The molecule has 0 spiro atoms. The predicted octanol–water partition coefficient (Wildman–Crippen LogP) is -0.774. The topological polar surface area (TPSA) is 86.5 Å². The van der Waals surface area contributed by atoms with Crippen molar-refractivity contribution in [1.82, 2.24) is 0 Å². The summed E-state index contributed by atoms with van der Waals surface area (Å²) in [5, 5.41) is 0. The van der Waals surface area contributed by atoms with E-state index in [0.717, 1.165) is 6.26 Å². The Morgan fingerprint density at radius 1 is 1.45 bits per heavy atom. The van der Waals surface area contributed by atoms with Gasteiger partial charge in [-0.15, -0.1) is 0 Å². The lowest BCUT2D eigenvalue weighted by Crippen LogP contribution is -2.42. The van der Waals surface area contributed by atoms with Crippen molar-refractivity contribution in [2.24, 2.45) is 5.73 Å². The summed E-state index contributed by atoms with van der Waals surface area (Å²) in [4.78, 5) is 10.5. The molecule has 0 heterocycles. The fourth-order valence-electron chi connectivity index (χ4n) is 0.420. The molecule has 0 aromatic heterocycles. The van der Waals surface area contributed by atoms with E-state index in [1.807, 2.05) is 0 Å². The highest BCUT2D eigenvalue weighted by atomic mass is 32.2. The van der Waals surface area contributed by atoms with Crippen molar-refractivity contribution >= 4 is 16.0 Å². The molecule has 0 aliphatic rings. The molecule has 0 aliphatic carbocycles. The van der Waals surface area contributed by atoms with E-state index in [0.29, 0.717) is 0 Å². The number of hydrogen-bond donors (Lipinski definition) is 1. The quantitative estimate of drug-likeness (QED) is 0.579. The molecule has 2 N–H and O–H groups in total. The summed E-state index contributed by atoms with van der Waals surface area (Å²) in [6, 6.07) is 0. The fraction of sp³-hybridized carbons (Fsp3) is 0.800. The van der Waals surface area contributed by atoms with Crippen LogP contribution in [0.1, 0.15) is 13.8 Å². The van der Waals surface area contributed by atoms with Crippen LogP contribution in [-0.4, -0.2) is 26.2 Å². The standard InChI is InChI=1S/C5H11NO4S/c1-5(2,4(6)7)10-11(3,8)9/h1-3H3,(H2,6,7). The van der Waals surface area contributed by atoms with Crippen molar-refractivity contribution in [3.63, 3.8) is 0 Å². The molecule has 0 saturated heterocycles. The summed E-state index contributed by atoms with van der Waals surface area (Å²) in [5.74, 6) is -0.817. The maximum Gasteiger partial charge on any atom is 0.265 e. The maximum absolute atomic E-state index is 10.5.